The summed E-state index contributed by atoms with van der Waals surface area (Å²) < 4.78 is 10.2. The summed E-state index contributed by atoms with van der Waals surface area (Å²) >= 11 is 0. The number of hydrogen-bond acceptors (Lipinski definition) is 3. The van der Waals surface area contributed by atoms with Crippen molar-refractivity contribution in [1.29, 1.82) is 0 Å². The van der Waals surface area contributed by atoms with E-state index in [4.69, 9.17) is 9.47 Å². The minimum absolute atomic E-state index is 0.143. The van der Waals surface area contributed by atoms with Crippen molar-refractivity contribution in [3.8, 4) is 11.3 Å². The quantitative estimate of drug-likeness (QED) is 0.763. The molecule has 0 aliphatic carbocycles. The first-order valence-corrected chi connectivity index (χ1v) is 7.70. The highest BCUT2D eigenvalue weighted by Gasteiger charge is 2.14. The molecule has 3 aromatic rings. The number of H-pyrrole nitrogens is 1. The number of para-hydroxylation sites is 2. The molecule has 0 unspecified atom stereocenters. The molecule has 120 valence electrons. The molecular weight excluding hydrogens is 304 g/mol. The van der Waals surface area contributed by atoms with Gasteiger partial charge in [0, 0.05) is 22.2 Å². The highest BCUT2D eigenvalue weighted by atomic mass is 16.7. The first-order chi connectivity index (χ1) is 11.8. The maximum absolute atomic E-state index is 12.2. The van der Waals surface area contributed by atoms with Crippen LogP contribution in [0.25, 0.3) is 22.2 Å². The smallest absolute Gasteiger partial charge is 0.232 e. The minimum atomic E-state index is -0.143. The van der Waals surface area contributed by atoms with Crippen molar-refractivity contribution in [3.05, 3.63) is 66.6 Å². The van der Waals surface area contributed by atoms with Crippen LogP contribution in [-0.4, -0.2) is 17.7 Å². The van der Waals surface area contributed by atoms with E-state index in [0.717, 1.165) is 27.8 Å². The average molecular weight is 320 g/mol. The van der Waals surface area contributed by atoms with E-state index >= 15 is 0 Å². The minimum Gasteiger partial charge on any atom is -0.462 e. The summed E-state index contributed by atoms with van der Waals surface area (Å²) in [7, 11) is 0. The van der Waals surface area contributed by atoms with Crippen LogP contribution in [0.5, 0.6) is 0 Å². The molecule has 24 heavy (non-hydrogen) atoms. The number of amides is 1. The Morgan fingerprint density at radius 1 is 1.12 bits per heavy atom. The zero-order valence-electron chi connectivity index (χ0n) is 12.9. The summed E-state index contributed by atoms with van der Waals surface area (Å²) in [5.74, 6) is 0.394. The van der Waals surface area contributed by atoms with Gasteiger partial charge >= 0.3 is 0 Å². The molecule has 0 bridgehead atoms. The third kappa shape index (κ3) is 2.84. The Morgan fingerprint density at radius 2 is 1.96 bits per heavy atom. The van der Waals surface area contributed by atoms with E-state index in [1.807, 2.05) is 42.5 Å². The molecule has 1 aliphatic heterocycles. The van der Waals surface area contributed by atoms with Crippen LogP contribution < -0.4 is 5.32 Å². The summed E-state index contributed by atoms with van der Waals surface area (Å²) in [6, 6.07) is 17.9. The van der Waals surface area contributed by atoms with Gasteiger partial charge in [0.25, 0.3) is 0 Å². The van der Waals surface area contributed by atoms with Crippen LogP contribution in [0.1, 0.15) is 6.42 Å². The Labute approximate surface area is 138 Å². The number of aromatic amines is 1. The SMILES string of the molecule is O=C(CC1=COCO1)Nc1ccccc1-c1cc2ccccc2[nH]1. The maximum Gasteiger partial charge on any atom is 0.232 e. The molecule has 5 heteroatoms. The van der Waals surface area contributed by atoms with Crippen molar-refractivity contribution >= 4 is 22.5 Å². The van der Waals surface area contributed by atoms with Crippen molar-refractivity contribution in [2.24, 2.45) is 0 Å². The van der Waals surface area contributed by atoms with Crippen LogP contribution >= 0.6 is 0 Å². The van der Waals surface area contributed by atoms with Crippen LogP contribution in [0.3, 0.4) is 0 Å². The lowest BCUT2D eigenvalue weighted by Crippen LogP contribution is -2.13. The highest BCUT2D eigenvalue weighted by molar-refractivity contribution is 5.97. The molecule has 0 radical (unpaired) electrons. The number of ether oxygens (including phenoxy) is 2. The van der Waals surface area contributed by atoms with E-state index in [1.54, 1.807) is 0 Å². The third-order valence-electron chi connectivity index (χ3n) is 3.88. The molecule has 4 rings (SSSR count). The first-order valence-electron chi connectivity index (χ1n) is 7.70. The normalized spacial score (nSPS) is 13.2. The summed E-state index contributed by atoms with van der Waals surface area (Å²) in [6.07, 6.45) is 1.63. The predicted molar refractivity (Wildman–Crippen MR) is 92.1 cm³/mol. The van der Waals surface area contributed by atoms with Gasteiger partial charge < -0.3 is 19.8 Å². The third-order valence-corrected chi connectivity index (χ3v) is 3.88. The van der Waals surface area contributed by atoms with Gasteiger partial charge in [-0.3, -0.25) is 4.79 Å². The molecule has 1 aromatic heterocycles. The van der Waals surface area contributed by atoms with Gasteiger partial charge in [0.2, 0.25) is 12.7 Å². The fourth-order valence-corrected chi connectivity index (χ4v) is 2.76. The lowest BCUT2D eigenvalue weighted by molar-refractivity contribution is -0.116. The van der Waals surface area contributed by atoms with Crippen molar-refractivity contribution in [2.75, 3.05) is 12.1 Å². The first kappa shape index (κ1) is 14.4. The van der Waals surface area contributed by atoms with Crippen LogP contribution in [-0.2, 0) is 14.3 Å². The Kier molecular flexibility index (Phi) is 3.67. The van der Waals surface area contributed by atoms with Gasteiger partial charge in [-0.25, -0.2) is 0 Å². The summed E-state index contributed by atoms with van der Waals surface area (Å²) in [4.78, 5) is 15.6. The molecule has 0 saturated carbocycles. The zero-order valence-corrected chi connectivity index (χ0v) is 12.9. The lowest BCUT2D eigenvalue weighted by Gasteiger charge is -2.10. The van der Waals surface area contributed by atoms with E-state index in [0.29, 0.717) is 5.76 Å². The van der Waals surface area contributed by atoms with Crippen LogP contribution in [0.15, 0.2) is 66.6 Å². The van der Waals surface area contributed by atoms with Gasteiger partial charge in [-0.1, -0.05) is 36.4 Å². The van der Waals surface area contributed by atoms with E-state index in [-0.39, 0.29) is 19.1 Å². The van der Waals surface area contributed by atoms with Gasteiger partial charge in [0.15, 0.2) is 0 Å². The predicted octanol–water partition coefficient (Wildman–Crippen LogP) is 4.01. The molecular formula is C19H16N2O3. The second kappa shape index (κ2) is 6.12. The van der Waals surface area contributed by atoms with Gasteiger partial charge in [-0.2, -0.15) is 0 Å². The number of benzene rings is 2. The van der Waals surface area contributed by atoms with E-state index in [2.05, 4.69) is 22.4 Å². The number of fused-ring (bicyclic) bond motifs is 1. The maximum atomic E-state index is 12.2. The molecule has 0 atom stereocenters. The Bertz CT molecular complexity index is 894. The number of rotatable bonds is 4. The van der Waals surface area contributed by atoms with E-state index in [9.17, 15) is 4.79 Å². The second-order valence-corrected chi connectivity index (χ2v) is 5.55. The highest BCUT2D eigenvalue weighted by Crippen LogP contribution is 2.30. The molecule has 2 heterocycles. The number of hydrogen-bond donors (Lipinski definition) is 2. The molecule has 0 saturated heterocycles. The van der Waals surface area contributed by atoms with Crippen molar-refractivity contribution < 1.29 is 14.3 Å². The Hall–Kier alpha value is -3.21. The monoisotopic (exact) mass is 320 g/mol. The van der Waals surface area contributed by atoms with Crippen LogP contribution in [0, 0.1) is 0 Å². The van der Waals surface area contributed by atoms with Crippen molar-refractivity contribution in [1.82, 2.24) is 4.98 Å². The van der Waals surface area contributed by atoms with Gasteiger partial charge in [-0.15, -0.1) is 0 Å². The van der Waals surface area contributed by atoms with Gasteiger partial charge in [-0.05, 0) is 18.2 Å². The molecule has 2 N–H and O–H groups in total. The fourth-order valence-electron chi connectivity index (χ4n) is 2.76. The number of carbonyl (C=O) groups is 1. The Morgan fingerprint density at radius 3 is 2.79 bits per heavy atom. The number of nitrogens with one attached hydrogen (secondary N) is 2. The second-order valence-electron chi connectivity index (χ2n) is 5.55. The zero-order chi connectivity index (χ0) is 16.4. The molecule has 5 nitrogen and oxygen atoms in total. The topological polar surface area (TPSA) is 63.4 Å². The van der Waals surface area contributed by atoms with Crippen molar-refractivity contribution in [2.45, 2.75) is 6.42 Å². The number of anilines is 1. The summed E-state index contributed by atoms with van der Waals surface area (Å²) in [6.45, 7) is 0.175. The van der Waals surface area contributed by atoms with E-state index in [1.165, 1.54) is 6.26 Å². The fraction of sp³-hybridized carbons (Fsp3) is 0.105. The molecule has 2 aromatic carbocycles. The molecule has 0 spiro atoms. The number of aromatic nitrogens is 1. The standard InChI is InChI=1S/C19H16N2O3/c22-19(10-14-11-23-12-24-14)21-17-8-4-2-6-15(17)18-9-13-5-1-3-7-16(13)20-18/h1-9,11,20H,10,12H2,(H,21,22). The van der Waals surface area contributed by atoms with Gasteiger partial charge in [0.05, 0.1) is 12.1 Å². The molecule has 1 aliphatic rings. The summed E-state index contributed by atoms with van der Waals surface area (Å²) in [5.41, 5.74) is 3.73. The van der Waals surface area contributed by atoms with Crippen LogP contribution in [0.2, 0.25) is 0 Å². The summed E-state index contributed by atoms with van der Waals surface area (Å²) in [5, 5.41) is 4.08. The van der Waals surface area contributed by atoms with Gasteiger partial charge in [0.1, 0.15) is 12.0 Å². The average Bonchev–Trinajstić information content (AvgIpc) is 3.24. The Balaban J connectivity index is 1.61. The van der Waals surface area contributed by atoms with Crippen LogP contribution in [0.4, 0.5) is 5.69 Å². The lowest BCUT2D eigenvalue weighted by atomic mass is 10.1. The van der Waals surface area contributed by atoms with E-state index < -0.39 is 0 Å². The number of carbonyl (C=O) groups excluding carboxylic acids is 1. The largest absolute Gasteiger partial charge is 0.462 e. The molecule has 1 amide bonds. The molecule has 0 fully saturated rings. The van der Waals surface area contributed by atoms with Crippen molar-refractivity contribution in [3.63, 3.8) is 0 Å².